The van der Waals surface area contributed by atoms with Gasteiger partial charge in [-0.3, -0.25) is 4.79 Å². The number of carboxylic acids is 1. The van der Waals surface area contributed by atoms with E-state index in [-0.39, 0.29) is 4.90 Å². The SMILES string of the molecule is CCCOc1ccc(S(=O)(=O)N(C)CC(=O)O)cc1. The molecule has 0 aliphatic rings. The summed E-state index contributed by atoms with van der Waals surface area (Å²) in [7, 11) is -2.55. The Bertz CT molecular complexity index is 524. The molecule has 0 atom stereocenters. The molecule has 1 N–H and O–H groups in total. The van der Waals surface area contributed by atoms with Gasteiger partial charge in [-0.25, -0.2) is 8.42 Å². The first kappa shape index (κ1) is 15.5. The van der Waals surface area contributed by atoms with Crippen molar-refractivity contribution in [3.8, 4) is 5.75 Å². The van der Waals surface area contributed by atoms with E-state index in [0.29, 0.717) is 12.4 Å². The molecule has 0 aromatic heterocycles. The van der Waals surface area contributed by atoms with Gasteiger partial charge in [-0.05, 0) is 30.7 Å². The Hall–Kier alpha value is -1.60. The van der Waals surface area contributed by atoms with E-state index in [9.17, 15) is 13.2 Å². The van der Waals surface area contributed by atoms with Crippen LogP contribution in [0.15, 0.2) is 29.2 Å². The highest BCUT2D eigenvalue weighted by atomic mass is 32.2. The van der Waals surface area contributed by atoms with Crippen LogP contribution < -0.4 is 4.74 Å². The minimum absolute atomic E-state index is 0.0418. The number of ether oxygens (including phenoxy) is 1. The van der Waals surface area contributed by atoms with Crippen LogP contribution in [0.5, 0.6) is 5.75 Å². The zero-order valence-electron chi connectivity index (χ0n) is 10.9. The molecule has 1 aromatic carbocycles. The Morgan fingerprint density at radius 1 is 1.32 bits per heavy atom. The van der Waals surface area contributed by atoms with Gasteiger partial charge in [0, 0.05) is 7.05 Å². The highest BCUT2D eigenvalue weighted by Gasteiger charge is 2.22. The Morgan fingerprint density at radius 2 is 1.89 bits per heavy atom. The molecule has 0 saturated heterocycles. The molecular weight excluding hydrogens is 270 g/mol. The van der Waals surface area contributed by atoms with Crippen LogP contribution in [0, 0.1) is 0 Å². The lowest BCUT2D eigenvalue weighted by Crippen LogP contribution is -2.31. The van der Waals surface area contributed by atoms with E-state index in [0.717, 1.165) is 10.7 Å². The van der Waals surface area contributed by atoms with Crippen molar-refractivity contribution in [2.24, 2.45) is 0 Å². The lowest BCUT2D eigenvalue weighted by molar-refractivity contribution is -0.137. The van der Waals surface area contributed by atoms with Crippen LogP contribution in [0.2, 0.25) is 0 Å². The monoisotopic (exact) mass is 287 g/mol. The Balaban J connectivity index is 2.87. The summed E-state index contributed by atoms with van der Waals surface area (Å²) >= 11 is 0. The first-order valence-corrected chi connectivity index (χ1v) is 7.23. The van der Waals surface area contributed by atoms with Crippen LogP contribution in [0.1, 0.15) is 13.3 Å². The summed E-state index contributed by atoms with van der Waals surface area (Å²) in [6, 6.07) is 5.91. The van der Waals surface area contributed by atoms with Crippen LogP contribution in [-0.4, -0.2) is 44.0 Å². The second-order valence-electron chi connectivity index (χ2n) is 3.97. The summed E-state index contributed by atoms with van der Waals surface area (Å²) in [5, 5.41) is 8.61. The van der Waals surface area contributed by atoms with Crippen molar-refractivity contribution >= 4 is 16.0 Å². The number of sulfonamides is 1. The quantitative estimate of drug-likeness (QED) is 0.814. The minimum Gasteiger partial charge on any atom is -0.494 e. The molecule has 0 heterocycles. The molecule has 0 aliphatic carbocycles. The molecule has 6 nitrogen and oxygen atoms in total. The van der Waals surface area contributed by atoms with Crippen molar-refractivity contribution in [1.82, 2.24) is 4.31 Å². The lowest BCUT2D eigenvalue weighted by Gasteiger charge is -2.15. The smallest absolute Gasteiger partial charge is 0.318 e. The molecule has 0 spiro atoms. The predicted molar refractivity (Wildman–Crippen MR) is 69.7 cm³/mol. The zero-order chi connectivity index (χ0) is 14.5. The third-order valence-electron chi connectivity index (χ3n) is 2.36. The molecule has 0 fully saturated rings. The third kappa shape index (κ3) is 4.22. The second-order valence-corrected chi connectivity index (χ2v) is 6.02. The van der Waals surface area contributed by atoms with Gasteiger partial charge in [0.2, 0.25) is 10.0 Å². The molecule has 0 bridgehead atoms. The fourth-order valence-electron chi connectivity index (χ4n) is 1.38. The Morgan fingerprint density at radius 3 is 2.37 bits per heavy atom. The number of rotatable bonds is 7. The first-order valence-electron chi connectivity index (χ1n) is 5.79. The van der Waals surface area contributed by atoms with Gasteiger partial charge in [-0.1, -0.05) is 6.92 Å². The topological polar surface area (TPSA) is 83.9 Å². The van der Waals surface area contributed by atoms with Gasteiger partial charge >= 0.3 is 5.97 Å². The molecule has 19 heavy (non-hydrogen) atoms. The van der Waals surface area contributed by atoms with Crippen LogP contribution in [0.25, 0.3) is 0 Å². The number of carboxylic acid groups (broad SMARTS) is 1. The fourth-order valence-corrected chi connectivity index (χ4v) is 2.50. The van der Waals surface area contributed by atoms with E-state index in [4.69, 9.17) is 9.84 Å². The number of hydrogen-bond acceptors (Lipinski definition) is 4. The van der Waals surface area contributed by atoms with Gasteiger partial charge in [0.1, 0.15) is 12.3 Å². The number of likely N-dealkylation sites (N-methyl/N-ethyl adjacent to an activating group) is 1. The maximum absolute atomic E-state index is 12.0. The predicted octanol–water partition coefficient (Wildman–Crippen LogP) is 1.18. The Kier molecular flexibility index (Phi) is 5.31. The molecule has 0 unspecified atom stereocenters. The standard InChI is InChI=1S/C12H17NO5S/c1-3-8-18-10-4-6-11(7-5-10)19(16,17)13(2)9-12(14)15/h4-7H,3,8-9H2,1-2H3,(H,14,15). The van der Waals surface area contributed by atoms with Crippen molar-refractivity contribution < 1.29 is 23.1 Å². The van der Waals surface area contributed by atoms with E-state index < -0.39 is 22.5 Å². The molecule has 0 aliphatic heterocycles. The first-order chi connectivity index (χ1) is 8.87. The van der Waals surface area contributed by atoms with Crippen LogP contribution in [-0.2, 0) is 14.8 Å². The van der Waals surface area contributed by atoms with Crippen molar-refractivity contribution in [2.75, 3.05) is 20.2 Å². The van der Waals surface area contributed by atoms with Gasteiger partial charge in [-0.15, -0.1) is 0 Å². The molecule has 1 rings (SSSR count). The third-order valence-corrected chi connectivity index (χ3v) is 4.18. The number of nitrogens with zero attached hydrogens (tertiary/aromatic N) is 1. The van der Waals surface area contributed by atoms with Crippen molar-refractivity contribution in [3.05, 3.63) is 24.3 Å². The highest BCUT2D eigenvalue weighted by Crippen LogP contribution is 2.18. The number of aliphatic carboxylic acids is 1. The molecular formula is C12H17NO5S. The van der Waals surface area contributed by atoms with E-state index in [1.165, 1.54) is 19.2 Å². The molecule has 106 valence electrons. The van der Waals surface area contributed by atoms with Gasteiger partial charge in [0.05, 0.1) is 11.5 Å². The molecule has 0 radical (unpaired) electrons. The number of hydrogen-bond donors (Lipinski definition) is 1. The number of benzene rings is 1. The van der Waals surface area contributed by atoms with E-state index in [1.807, 2.05) is 6.92 Å². The van der Waals surface area contributed by atoms with Crippen LogP contribution in [0.4, 0.5) is 0 Å². The largest absolute Gasteiger partial charge is 0.494 e. The summed E-state index contributed by atoms with van der Waals surface area (Å²) in [5.74, 6) is -0.615. The van der Waals surface area contributed by atoms with E-state index >= 15 is 0 Å². The normalized spacial score (nSPS) is 11.5. The molecule has 0 saturated carbocycles. The summed E-state index contributed by atoms with van der Waals surface area (Å²) in [4.78, 5) is 10.6. The minimum atomic E-state index is -3.77. The van der Waals surface area contributed by atoms with Gasteiger partial charge in [-0.2, -0.15) is 4.31 Å². The van der Waals surface area contributed by atoms with Crippen molar-refractivity contribution in [2.45, 2.75) is 18.2 Å². The average Bonchev–Trinajstić information content (AvgIpc) is 2.36. The van der Waals surface area contributed by atoms with Crippen molar-refractivity contribution in [3.63, 3.8) is 0 Å². The fraction of sp³-hybridized carbons (Fsp3) is 0.417. The van der Waals surface area contributed by atoms with E-state index in [2.05, 4.69) is 0 Å². The summed E-state index contributed by atoms with van der Waals surface area (Å²) < 4.78 is 30.2. The molecule has 1 aromatic rings. The molecule has 7 heteroatoms. The average molecular weight is 287 g/mol. The zero-order valence-corrected chi connectivity index (χ0v) is 11.7. The maximum Gasteiger partial charge on any atom is 0.318 e. The number of carbonyl (C=O) groups is 1. The van der Waals surface area contributed by atoms with Gasteiger partial charge in [0.25, 0.3) is 0 Å². The van der Waals surface area contributed by atoms with Crippen LogP contribution in [0.3, 0.4) is 0 Å². The molecule has 0 amide bonds. The Labute approximate surface area is 112 Å². The van der Waals surface area contributed by atoms with Crippen molar-refractivity contribution in [1.29, 1.82) is 0 Å². The van der Waals surface area contributed by atoms with Gasteiger partial charge < -0.3 is 9.84 Å². The van der Waals surface area contributed by atoms with Gasteiger partial charge in [0.15, 0.2) is 0 Å². The lowest BCUT2D eigenvalue weighted by atomic mass is 10.3. The van der Waals surface area contributed by atoms with Crippen LogP contribution >= 0.6 is 0 Å². The summed E-state index contributed by atoms with van der Waals surface area (Å²) in [6.45, 7) is 1.96. The van der Waals surface area contributed by atoms with E-state index in [1.54, 1.807) is 12.1 Å². The maximum atomic E-state index is 12.0. The highest BCUT2D eigenvalue weighted by molar-refractivity contribution is 7.89. The summed E-state index contributed by atoms with van der Waals surface area (Å²) in [6.07, 6.45) is 0.862. The second kappa shape index (κ2) is 6.53. The summed E-state index contributed by atoms with van der Waals surface area (Å²) in [5.41, 5.74) is 0.